The van der Waals surface area contributed by atoms with Gasteiger partial charge in [-0.1, -0.05) is 25.1 Å². The lowest BCUT2D eigenvalue weighted by Gasteiger charge is -2.15. The van der Waals surface area contributed by atoms with Crippen LogP contribution in [-0.4, -0.2) is 29.3 Å². The third-order valence-electron chi connectivity index (χ3n) is 3.83. The summed E-state index contributed by atoms with van der Waals surface area (Å²) in [5.41, 5.74) is 1.60. The number of hydrogen-bond donors (Lipinski definition) is 3. The highest BCUT2D eigenvalue weighted by Gasteiger charge is 2.18. The van der Waals surface area contributed by atoms with Crippen LogP contribution < -0.4 is 16.0 Å². The zero-order valence-corrected chi connectivity index (χ0v) is 15.2. The van der Waals surface area contributed by atoms with Gasteiger partial charge in [0, 0.05) is 29.9 Å². The van der Waals surface area contributed by atoms with Gasteiger partial charge < -0.3 is 16.0 Å². The summed E-state index contributed by atoms with van der Waals surface area (Å²) < 4.78 is 0. The second kappa shape index (κ2) is 9.44. The summed E-state index contributed by atoms with van der Waals surface area (Å²) in [5.74, 6) is -0.934. The Morgan fingerprint density at radius 2 is 1.89 bits per heavy atom. The summed E-state index contributed by atoms with van der Waals surface area (Å²) >= 11 is 0. The number of nitrogens with zero attached hydrogens (tertiary/aromatic N) is 1. The van der Waals surface area contributed by atoms with Crippen LogP contribution in [0, 0.1) is 10.1 Å². The number of nitro benzene ring substituents is 1. The SMILES string of the molecule is CCNCc1cccc(NC(=O)C(C)NC(=O)c2cccc([N+](=O)[O-])c2)c1. The summed E-state index contributed by atoms with van der Waals surface area (Å²) in [6, 6.07) is 12.0. The number of benzene rings is 2. The van der Waals surface area contributed by atoms with Gasteiger partial charge in [0.05, 0.1) is 4.92 Å². The van der Waals surface area contributed by atoms with Gasteiger partial charge in [0.1, 0.15) is 6.04 Å². The molecule has 8 heteroatoms. The topological polar surface area (TPSA) is 113 Å². The zero-order valence-electron chi connectivity index (χ0n) is 15.2. The molecule has 3 N–H and O–H groups in total. The van der Waals surface area contributed by atoms with Gasteiger partial charge in [0.25, 0.3) is 11.6 Å². The quantitative estimate of drug-likeness (QED) is 0.488. The van der Waals surface area contributed by atoms with Crippen LogP contribution in [0.15, 0.2) is 48.5 Å². The van der Waals surface area contributed by atoms with E-state index in [1.54, 1.807) is 13.0 Å². The Labute approximate surface area is 157 Å². The van der Waals surface area contributed by atoms with Crippen LogP contribution in [-0.2, 0) is 11.3 Å². The van der Waals surface area contributed by atoms with Gasteiger partial charge in [-0.3, -0.25) is 19.7 Å². The molecule has 0 aliphatic heterocycles. The van der Waals surface area contributed by atoms with E-state index in [1.807, 2.05) is 25.1 Å². The summed E-state index contributed by atoms with van der Waals surface area (Å²) in [7, 11) is 0. The van der Waals surface area contributed by atoms with Gasteiger partial charge in [0.2, 0.25) is 5.91 Å². The van der Waals surface area contributed by atoms with Gasteiger partial charge in [-0.05, 0) is 37.2 Å². The van der Waals surface area contributed by atoms with Crippen molar-refractivity contribution in [1.29, 1.82) is 0 Å². The molecule has 0 bridgehead atoms. The number of non-ortho nitro benzene ring substituents is 1. The third-order valence-corrected chi connectivity index (χ3v) is 3.83. The molecule has 27 heavy (non-hydrogen) atoms. The Balaban J connectivity index is 1.98. The van der Waals surface area contributed by atoms with Crippen molar-refractivity contribution in [3.8, 4) is 0 Å². The predicted molar refractivity (Wildman–Crippen MR) is 102 cm³/mol. The van der Waals surface area contributed by atoms with Crippen molar-refractivity contribution in [2.45, 2.75) is 26.4 Å². The molecule has 1 unspecified atom stereocenters. The molecule has 0 aliphatic rings. The van der Waals surface area contributed by atoms with Crippen molar-refractivity contribution < 1.29 is 14.5 Å². The molecule has 2 amide bonds. The zero-order chi connectivity index (χ0) is 19.8. The van der Waals surface area contributed by atoms with Crippen LogP contribution in [0.1, 0.15) is 29.8 Å². The molecule has 0 saturated heterocycles. The van der Waals surface area contributed by atoms with E-state index in [9.17, 15) is 19.7 Å². The Hall–Kier alpha value is -3.26. The van der Waals surface area contributed by atoms with E-state index < -0.39 is 16.9 Å². The summed E-state index contributed by atoms with van der Waals surface area (Å²) in [4.78, 5) is 34.8. The first-order chi connectivity index (χ1) is 12.9. The molecule has 2 aromatic rings. The van der Waals surface area contributed by atoms with E-state index >= 15 is 0 Å². The first-order valence-electron chi connectivity index (χ1n) is 8.56. The smallest absolute Gasteiger partial charge is 0.270 e. The predicted octanol–water partition coefficient (Wildman–Crippen LogP) is 2.46. The molecule has 142 valence electrons. The molecule has 0 heterocycles. The van der Waals surface area contributed by atoms with Crippen LogP contribution >= 0.6 is 0 Å². The largest absolute Gasteiger partial charge is 0.341 e. The number of carbonyl (C=O) groups is 2. The van der Waals surface area contributed by atoms with Crippen LogP contribution in [0.3, 0.4) is 0 Å². The normalized spacial score (nSPS) is 11.5. The van der Waals surface area contributed by atoms with Crippen LogP contribution in [0.2, 0.25) is 0 Å². The maximum atomic E-state index is 12.3. The van der Waals surface area contributed by atoms with E-state index in [0.29, 0.717) is 12.2 Å². The van der Waals surface area contributed by atoms with E-state index in [0.717, 1.165) is 12.1 Å². The molecule has 2 aromatic carbocycles. The van der Waals surface area contributed by atoms with Gasteiger partial charge in [-0.15, -0.1) is 0 Å². The fourth-order valence-corrected chi connectivity index (χ4v) is 2.39. The standard InChI is InChI=1S/C19H22N4O4/c1-3-20-12-14-6-4-8-16(10-14)22-18(24)13(2)21-19(25)15-7-5-9-17(11-15)23(26)27/h4-11,13,20H,3,12H2,1-2H3,(H,21,25)(H,22,24). The number of carbonyl (C=O) groups excluding carboxylic acids is 2. The maximum Gasteiger partial charge on any atom is 0.270 e. The first kappa shape index (κ1) is 20.1. The summed E-state index contributed by atoms with van der Waals surface area (Å²) in [5, 5.41) is 19.3. The number of nitro groups is 1. The average molecular weight is 370 g/mol. The number of nitrogens with one attached hydrogen (secondary N) is 3. The van der Waals surface area contributed by atoms with Crippen molar-refractivity contribution in [2.24, 2.45) is 0 Å². The summed E-state index contributed by atoms with van der Waals surface area (Å²) in [6.07, 6.45) is 0. The molecule has 0 aromatic heterocycles. The van der Waals surface area contributed by atoms with Crippen LogP contribution in [0.25, 0.3) is 0 Å². The molecular formula is C19H22N4O4. The van der Waals surface area contributed by atoms with Gasteiger partial charge in [0.15, 0.2) is 0 Å². The van der Waals surface area contributed by atoms with E-state index in [4.69, 9.17) is 0 Å². The van der Waals surface area contributed by atoms with E-state index in [1.165, 1.54) is 24.3 Å². The minimum atomic E-state index is -0.811. The van der Waals surface area contributed by atoms with Crippen molar-refractivity contribution >= 4 is 23.2 Å². The van der Waals surface area contributed by atoms with E-state index in [2.05, 4.69) is 16.0 Å². The second-order valence-electron chi connectivity index (χ2n) is 5.97. The highest BCUT2D eigenvalue weighted by Crippen LogP contribution is 2.14. The Morgan fingerprint density at radius 1 is 1.15 bits per heavy atom. The van der Waals surface area contributed by atoms with Crippen LogP contribution in [0.4, 0.5) is 11.4 Å². The minimum Gasteiger partial charge on any atom is -0.341 e. The fourth-order valence-electron chi connectivity index (χ4n) is 2.39. The number of rotatable bonds is 8. The highest BCUT2D eigenvalue weighted by molar-refractivity contribution is 6.01. The van der Waals surface area contributed by atoms with E-state index in [-0.39, 0.29) is 17.2 Å². The molecule has 0 saturated carbocycles. The molecule has 0 fully saturated rings. The number of anilines is 1. The fraction of sp³-hybridized carbons (Fsp3) is 0.263. The minimum absolute atomic E-state index is 0.122. The second-order valence-corrected chi connectivity index (χ2v) is 5.97. The van der Waals surface area contributed by atoms with Gasteiger partial charge in [-0.25, -0.2) is 0 Å². The monoisotopic (exact) mass is 370 g/mol. The van der Waals surface area contributed by atoms with Gasteiger partial charge >= 0.3 is 0 Å². The van der Waals surface area contributed by atoms with Crippen molar-refractivity contribution in [3.05, 3.63) is 69.8 Å². The van der Waals surface area contributed by atoms with Crippen molar-refractivity contribution in [3.63, 3.8) is 0 Å². The number of hydrogen-bond acceptors (Lipinski definition) is 5. The van der Waals surface area contributed by atoms with Crippen molar-refractivity contribution in [2.75, 3.05) is 11.9 Å². The third kappa shape index (κ3) is 5.89. The molecule has 8 nitrogen and oxygen atoms in total. The Bertz CT molecular complexity index is 838. The highest BCUT2D eigenvalue weighted by atomic mass is 16.6. The molecule has 0 radical (unpaired) electrons. The van der Waals surface area contributed by atoms with Crippen molar-refractivity contribution in [1.82, 2.24) is 10.6 Å². The molecule has 1 atom stereocenters. The van der Waals surface area contributed by atoms with Crippen LogP contribution in [0.5, 0.6) is 0 Å². The number of amides is 2. The lowest BCUT2D eigenvalue weighted by molar-refractivity contribution is -0.384. The molecule has 0 spiro atoms. The Kier molecular flexibility index (Phi) is 7.01. The Morgan fingerprint density at radius 3 is 2.59 bits per heavy atom. The first-order valence-corrected chi connectivity index (χ1v) is 8.56. The lowest BCUT2D eigenvalue weighted by atomic mass is 10.1. The molecule has 0 aliphatic carbocycles. The lowest BCUT2D eigenvalue weighted by Crippen LogP contribution is -2.41. The molecular weight excluding hydrogens is 348 g/mol. The van der Waals surface area contributed by atoms with Gasteiger partial charge in [-0.2, -0.15) is 0 Å². The average Bonchev–Trinajstić information content (AvgIpc) is 2.66. The molecule has 2 rings (SSSR count). The summed E-state index contributed by atoms with van der Waals surface area (Å²) in [6.45, 7) is 5.10. The maximum absolute atomic E-state index is 12.3.